The second-order valence-electron chi connectivity index (χ2n) is 6.90. The molecule has 0 fully saturated rings. The molecular weight excluding hydrogens is 304 g/mol. The molecule has 25 heavy (non-hydrogen) atoms. The van der Waals surface area contributed by atoms with Gasteiger partial charge in [-0.05, 0) is 65.5 Å². The quantitative estimate of drug-likeness (QED) is 0.648. The van der Waals surface area contributed by atoms with Gasteiger partial charge in [0.25, 0.3) is 0 Å². The molecule has 0 spiro atoms. The van der Waals surface area contributed by atoms with Crippen LogP contribution in [0.4, 0.5) is 0 Å². The molecular formula is C23H34N2. The van der Waals surface area contributed by atoms with Crippen LogP contribution in [0.15, 0.2) is 36.4 Å². The molecule has 2 nitrogen and oxygen atoms in total. The van der Waals surface area contributed by atoms with Gasteiger partial charge >= 0.3 is 0 Å². The van der Waals surface area contributed by atoms with Gasteiger partial charge in [0.2, 0.25) is 0 Å². The largest absolute Gasteiger partial charge is 0.326 e. The van der Waals surface area contributed by atoms with E-state index in [1.165, 1.54) is 59.1 Å². The fraction of sp³-hybridized carbons (Fsp3) is 0.478. The molecule has 4 N–H and O–H groups in total. The van der Waals surface area contributed by atoms with Crippen LogP contribution in [0.2, 0.25) is 0 Å². The lowest BCUT2D eigenvalue weighted by atomic mass is 9.88. The van der Waals surface area contributed by atoms with Crippen molar-refractivity contribution < 1.29 is 0 Å². The Bertz CT molecular complexity index is 604. The Morgan fingerprint density at radius 2 is 1.04 bits per heavy atom. The molecule has 0 aliphatic rings. The molecule has 0 amide bonds. The van der Waals surface area contributed by atoms with Gasteiger partial charge in [-0.2, -0.15) is 0 Å². The number of nitrogens with two attached hydrogens (primary N) is 2. The number of rotatable bonds is 10. The minimum Gasteiger partial charge on any atom is -0.326 e. The highest BCUT2D eigenvalue weighted by Crippen LogP contribution is 2.25. The minimum absolute atomic E-state index is 0.623. The third-order valence-electron chi connectivity index (χ3n) is 5.12. The number of hydrogen-bond donors (Lipinski definition) is 2. The van der Waals surface area contributed by atoms with E-state index in [1.807, 2.05) is 0 Å². The average Bonchev–Trinajstić information content (AvgIpc) is 2.65. The number of hydrogen-bond acceptors (Lipinski definition) is 2. The molecule has 0 heterocycles. The Labute approximate surface area is 153 Å². The average molecular weight is 339 g/mol. The molecule has 0 radical (unpaired) electrons. The smallest absolute Gasteiger partial charge is 0.0180 e. The van der Waals surface area contributed by atoms with E-state index in [0.29, 0.717) is 13.1 Å². The highest BCUT2D eigenvalue weighted by atomic mass is 14.5. The van der Waals surface area contributed by atoms with E-state index in [-0.39, 0.29) is 0 Å². The van der Waals surface area contributed by atoms with E-state index in [1.54, 1.807) is 0 Å². The van der Waals surface area contributed by atoms with Gasteiger partial charge in [0, 0.05) is 13.1 Å². The summed E-state index contributed by atoms with van der Waals surface area (Å²) in [6, 6.07) is 13.2. The molecule has 0 saturated heterocycles. The zero-order chi connectivity index (χ0) is 18.1. The van der Waals surface area contributed by atoms with Gasteiger partial charge < -0.3 is 11.5 Å². The molecule has 0 aromatic heterocycles. The molecule has 2 aromatic rings. The summed E-state index contributed by atoms with van der Waals surface area (Å²) in [5, 5.41) is 0. The number of unbranched alkanes of at least 4 members (excludes halogenated alkanes) is 2. The Morgan fingerprint density at radius 1 is 0.640 bits per heavy atom. The van der Waals surface area contributed by atoms with Crippen LogP contribution < -0.4 is 11.5 Å². The van der Waals surface area contributed by atoms with Crippen molar-refractivity contribution in [2.45, 2.75) is 71.9 Å². The molecule has 2 heteroatoms. The van der Waals surface area contributed by atoms with Crippen LogP contribution in [-0.4, -0.2) is 0 Å². The maximum absolute atomic E-state index is 6.01. The van der Waals surface area contributed by atoms with E-state index in [9.17, 15) is 0 Å². The van der Waals surface area contributed by atoms with Crippen LogP contribution >= 0.6 is 0 Å². The van der Waals surface area contributed by atoms with Gasteiger partial charge in [-0.15, -0.1) is 0 Å². The standard InChI is InChI=1S/C23H34N2/c1-3-5-13-22-18(9-7-11-20(22)16-24)15-19-10-8-12-21(17-25)23(19)14-6-4-2/h7-12H,3-6,13-17,24-25H2,1-2H3. The van der Waals surface area contributed by atoms with Crippen LogP contribution in [0.25, 0.3) is 0 Å². The van der Waals surface area contributed by atoms with Crippen molar-refractivity contribution in [1.82, 2.24) is 0 Å². The molecule has 136 valence electrons. The molecule has 0 bridgehead atoms. The zero-order valence-corrected chi connectivity index (χ0v) is 16.0. The fourth-order valence-electron chi connectivity index (χ4n) is 3.64. The molecule has 2 aromatic carbocycles. The van der Waals surface area contributed by atoms with Crippen molar-refractivity contribution in [3.63, 3.8) is 0 Å². The summed E-state index contributed by atoms with van der Waals surface area (Å²) in [6.45, 7) is 5.74. The van der Waals surface area contributed by atoms with Crippen molar-refractivity contribution in [1.29, 1.82) is 0 Å². The highest BCUT2D eigenvalue weighted by Gasteiger charge is 2.12. The van der Waals surface area contributed by atoms with Crippen LogP contribution in [0.3, 0.4) is 0 Å². The van der Waals surface area contributed by atoms with Crippen LogP contribution in [0.1, 0.15) is 72.9 Å². The Balaban J connectivity index is 2.38. The Morgan fingerprint density at radius 3 is 1.40 bits per heavy atom. The lowest BCUT2D eigenvalue weighted by molar-refractivity contribution is 0.770. The van der Waals surface area contributed by atoms with E-state index >= 15 is 0 Å². The van der Waals surface area contributed by atoms with Crippen molar-refractivity contribution in [3.8, 4) is 0 Å². The van der Waals surface area contributed by atoms with E-state index in [0.717, 1.165) is 19.3 Å². The Kier molecular flexibility index (Phi) is 8.17. The predicted octanol–water partition coefficient (Wildman–Crippen LogP) is 4.88. The minimum atomic E-state index is 0.623. The molecule has 0 aliphatic carbocycles. The van der Waals surface area contributed by atoms with Gasteiger partial charge in [-0.25, -0.2) is 0 Å². The summed E-state index contributed by atoms with van der Waals surface area (Å²) in [5.41, 5.74) is 20.4. The Hall–Kier alpha value is -1.64. The fourth-order valence-corrected chi connectivity index (χ4v) is 3.64. The summed E-state index contributed by atoms with van der Waals surface area (Å²) in [6.07, 6.45) is 8.09. The third-order valence-corrected chi connectivity index (χ3v) is 5.12. The summed E-state index contributed by atoms with van der Waals surface area (Å²) in [7, 11) is 0. The van der Waals surface area contributed by atoms with Gasteiger partial charge in [0.15, 0.2) is 0 Å². The summed E-state index contributed by atoms with van der Waals surface area (Å²) < 4.78 is 0. The normalized spacial score (nSPS) is 11.0. The molecule has 0 saturated carbocycles. The lowest BCUT2D eigenvalue weighted by Crippen LogP contribution is -2.09. The van der Waals surface area contributed by atoms with Gasteiger partial charge in [0.05, 0.1) is 0 Å². The maximum atomic E-state index is 6.01. The summed E-state index contributed by atoms with van der Waals surface area (Å²) in [4.78, 5) is 0. The topological polar surface area (TPSA) is 52.0 Å². The second kappa shape index (κ2) is 10.4. The van der Waals surface area contributed by atoms with Crippen molar-refractivity contribution in [2.24, 2.45) is 11.5 Å². The van der Waals surface area contributed by atoms with Gasteiger partial charge in [-0.3, -0.25) is 0 Å². The highest BCUT2D eigenvalue weighted by molar-refractivity contribution is 5.43. The monoisotopic (exact) mass is 338 g/mol. The van der Waals surface area contributed by atoms with E-state index in [2.05, 4.69) is 50.2 Å². The van der Waals surface area contributed by atoms with Crippen LogP contribution in [0, 0.1) is 0 Å². The maximum Gasteiger partial charge on any atom is 0.0180 e. The first kappa shape index (κ1) is 19.7. The van der Waals surface area contributed by atoms with Crippen LogP contribution in [0.5, 0.6) is 0 Å². The zero-order valence-electron chi connectivity index (χ0n) is 16.0. The van der Waals surface area contributed by atoms with Crippen molar-refractivity contribution in [2.75, 3.05) is 0 Å². The lowest BCUT2D eigenvalue weighted by Gasteiger charge is -2.18. The van der Waals surface area contributed by atoms with Gasteiger partial charge in [-0.1, -0.05) is 63.1 Å². The SMILES string of the molecule is CCCCc1c(CN)cccc1Cc1cccc(CN)c1CCCC. The predicted molar refractivity (Wildman–Crippen MR) is 109 cm³/mol. The second-order valence-corrected chi connectivity index (χ2v) is 6.90. The first-order valence-electron chi connectivity index (χ1n) is 9.84. The first-order chi connectivity index (χ1) is 12.2. The molecule has 0 unspecified atom stereocenters. The van der Waals surface area contributed by atoms with E-state index < -0.39 is 0 Å². The van der Waals surface area contributed by atoms with E-state index in [4.69, 9.17) is 11.5 Å². The van der Waals surface area contributed by atoms with Crippen molar-refractivity contribution >= 4 is 0 Å². The molecule has 0 atom stereocenters. The summed E-state index contributed by atoms with van der Waals surface area (Å²) in [5.74, 6) is 0. The third kappa shape index (κ3) is 5.17. The number of benzene rings is 2. The summed E-state index contributed by atoms with van der Waals surface area (Å²) >= 11 is 0. The molecule has 2 rings (SSSR count). The van der Waals surface area contributed by atoms with Crippen LogP contribution in [-0.2, 0) is 32.4 Å². The van der Waals surface area contributed by atoms with Crippen molar-refractivity contribution in [3.05, 3.63) is 69.8 Å². The molecule has 0 aliphatic heterocycles. The van der Waals surface area contributed by atoms with Gasteiger partial charge in [0.1, 0.15) is 0 Å². The first-order valence-corrected chi connectivity index (χ1v) is 9.84.